The highest BCUT2D eigenvalue weighted by Gasteiger charge is 2.45. The topological polar surface area (TPSA) is 144 Å². The van der Waals surface area contributed by atoms with Gasteiger partial charge in [-0.05, 0) is 43.3 Å². The number of fused-ring (bicyclic) bond motifs is 1. The lowest BCUT2D eigenvalue weighted by molar-refractivity contribution is -0.118. The van der Waals surface area contributed by atoms with E-state index in [1.54, 1.807) is 0 Å². The van der Waals surface area contributed by atoms with E-state index < -0.39 is 37.9 Å². The van der Waals surface area contributed by atoms with Crippen molar-refractivity contribution in [3.8, 4) is 0 Å². The number of primary sulfonamides is 1. The van der Waals surface area contributed by atoms with E-state index in [2.05, 4.69) is 5.32 Å². The van der Waals surface area contributed by atoms with Crippen LogP contribution in [0, 0.1) is 0 Å². The molecule has 1 heterocycles. The highest BCUT2D eigenvalue weighted by Crippen LogP contribution is 2.31. The van der Waals surface area contributed by atoms with Crippen molar-refractivity contribution >= 4 is 37.5 Å². The van der Waals surface area contributed by atoms with Crippen LogP contribution in [0.5, 0.6) is 0 Å². The predicted molar refractivity (Wildman–Crippen MR) is 95.7 cm³/mol. The first-order valence-corrected chi connectivity index (χ1v) is 10.6. The Bertz CT molecular complexity index is 1140. The molecule has 1 atom stereocenters. The lowest BCUT2D eigenvalue weighted by Gasteiger charge is -2.22. The average molecular weight is 409 g/mol. The summed E-state index contributed by atoms with van der Waals surface area (Å²) >= 11 is 0. The number of hydrogen-bond acceptors (Lipinski definition) is 6. The molecule has 3 rings (SSSR count). The SMILES string of the molecule is CC(C(=O)Nc1ccc(S(N)(=O)=O)cc1)N1C(=O)c2ccccc2S1(=O)=O. The number of amides is 2. The number of rotatable bonds is 4. The smallest absolute Gasteiger partial charge is 0.269 e. The Balaban J connectivity index is 1.83. The molecule has 2 aromatic rings. The Morgan fingerprint density at radius 2 is 1.70 bits per heavy atom. The van der Waals surface area contributed by atoms with E-state index in [-0.39, 0.29) is 21.0 Å². The normalized spacial score (nSPS) is 16.7. The second-order valence-corrected chi connectivity index (χ2v) is 9.18. The summed E-state index contributed by atoms with van der Waals surface area (Å²) in [6.07, 6.45) is 0. The van der Waals surface area contributed by atoms with Crippen molar-refractivity contribution < 1.29 is 26.4 Å². The molecule has 0 radical (unpaired) electrons. The van der Waals surface area contributed by atoms with Crippen LogP contribution >= 0.6 is 0 Å². The zero-order valence-corrected chi connectivity index (χ0v) is 15.6. The fraction of sp³-hybridized carbons (Fsp3) is 0.125. The summed E-state index contributed by atoms with van der Waals surface area (Å²) in [6, 6.07) is 9.40. The Hall–Kier alpha value is -2.76. The fourth-order valence-electron chi connectivity index (χ4n) is 2.67. The molecule has 0 saturated carbocycles. The number of nitrogens with two attached hydrogens (primary N) is 1. The molecule has 0 spiro atoms. The van der Waals surface area contributed by atoms with Crippen molar-refractivity contribution in [3.05, 3.63) is 54.1 Å². The minimum atomic E-state index is -4.13. The van der Waals surface area contributed by atoms with Crippen molar-refractivity contribution in [3.63, 3.8) is 0 Å². The molecule has 1 aliphatic rings. The summed E-state index contributed by atoms with van der Waals surface area (Å²) in [6.45, 7) is 1.29. The van der Waals surface area contributed by atoms with Crippen molar-refractivity contribution in [2.75, 3.05) is 5.32 Å². The predicted octanol–water partition coefficient (Wildman–Crippen LogP) is 0.506. The Kier molecular flexibility index (Phi) is 4.54. The number of carbonyl (C=O) groups is 2. The molecule has 0 bridgehead atoms. The zero-order valence-electron chi connectivity index (χ0n) is 14.0. The molecule has 11 heteroatoms. The monoisotopic (exact) mass is 409 g/mol. The van der Waals surface area contributed by atoms with E-state index in [0.717, 1.165) is 0 Å². The van der Waals surface area contributed by atoms with Crippen LogP contribution in [0.15, 0.2) is 58.3 Å². The molecule has 1 aliphatic heterocycles. The Labute approximate surface area is 155 Å². The minimum absolute atomic E-state index is 0.00894. The molecular weight excluding hydrogens is 394 g/mol. The molecule has 2 aromatic carbocycles. The minimum Gasteiger partial charge on any atom is -0.324 e. The van der Waals surface area contributed by atoms with Gasteiger partial charge in [0.25, 0.3) is 15.9 Å². The number of carbonyl (C=O) groups excluding carboxylic acids is 2. The van der Waals surface area contributed by atoms with Gasteiger partial charge in [-0.3, -0.25) is 9.59 Å². The quantitative estimate of drug-likeness (QED) is 0.753. The molecule has 0 fully saturated rings. The Morgan fingerprint density at radius 1 is 1.11 bits per heavy atom. The summed E-state index contributed by atoms with van der Waals surface area (Å²) < 4.78 is 48.2. The van der Waals surface area contributed by atoms with Crippen molar-refractivity contribution in [1.82, 2.24) is 4.31 Å². The van der Waals surface area contributed by atoms with Crippen molar-refractivity contribution in [2.45, 2.75) is 22.8 Å². The van der Waals surface area contributed by atoms with E-state index in [0.29, 0.717) is 4.31 Å². The number of anilines is 1. The lowest BCUT2D eigenvalue weighted by atomic mass is 10.2. The van der Waals surface area contributed by atoms with Gasteiger partial charge in [-0.2, -0.15) is 0 Å². The standard InChI is InChI=1S/C16H15N3O6S2/c1-10(15(20)18-11-6-8-12(9-7-11)26(17,22)23)19-16(21)13-4-2-3-5-14(13)27(19,24)25/h2-10H,1H3,(H,18,20)(H2,17,22,23). The largest absolute Gasteiger partial charge is 0.324 e. The molecule has 0 aliphatic carbocycles. The van der Waals surface area contributed by atoms with Gasteiger partial charge in [0, 0.05) is 5.69 Å². The molecule has 27 heavy (non-hydrogen) atoms. The number of hydrogen-bond donors (Lipinski definition) is 2. The summed E-state index contributed by atoms with van der Waals surface area (Å²) in [5, 5.41) is 7.45. The summed E-state index contributed by atoms with van der Waals surface area (Å²) in [7, 11) is -8.01. The maximum atomic E-state index is 12.6. The van der Waals surface area contributed by atoms with Crippen LogP contribution in [0.25, 0.3) is 0 Å². The van der Waals surface area contributed by atoms with Crippen LogP contribution < -0.4 is 10.5 Å². The second kappa shape index (κ2) is 6.44. The first-order chi connectivity index (χ1) is 12.5. The molecule has 2 amide bonds. The summed E-state index contributed by atoms with van der Waals surface area (Å²) in [4.78, 5) is 24.6. The molecule has 9 nitrogen and oxygen atoms in total. The van der Waals surface area contributed by atoms with Crippen LogP contribution in [-0.2, 0) is 24.8 Å². The van der Waals surface area contributed by atoms with Gasteiger partial charge in [-0.1, -0.05) is 12.1 Å². The van der Waals surface area contributed by atoms with Gasteiger partial charge in [0.2, 0.25) is 15.9 Å². The third-order valence-corrected chi connectivity index (χ3v) is 6.88. The zero-order chi connectivity index (χ0) is 20.0. The van der Waals surface area contributed by atoms with Crippen LogP contribution in [0.4, 0.5) is 5.69 Å². The van der Waals surface area contributed by atoms with Crippen LogP contribution in [0.2, 0.25) is 0 Å². The van der Waals surface area contributed by atoms with E-state index in [1.165, 1.54) is 55.5 Å². The first-order valence-electron chi connectivity index (χ1n) is 7.65. The number of benzene rings is 2. The van der Waals surface area contributed by atoms with Gasteiger partial charge in [-0.25, -0.2) is 26.3 Å². The highest BCUT2D eigenvalue weighted by molar-refractivity contribution is 7.90. The summed E-state index contributed by atoms with van der Waals surface area (Å²) in [5.41, 5.74) is 0.232. The first kappa shape index (κ1) is 19.0. The van der Waals surface area contributed by atoms with Gasteiger partial charge in [0.15, 0.2) is 0 Å². The van der Waals surface area contributed by atoms with E-state index in [4.69, 9.17) is 5.14 Å². The number of nitrogens with one attached hydrogen (secondary N) is 1. The third kappa shape index (κ3) is 3.31. The molecule has 3 N–H and O–H groups in total. The van der Waals surface area contributed by atoms with Gasteiger partial charge in [0.05, 0.1) is 10.5 Å². The van der Waals surface area contributed by atoms with Crippen LogP contribution in [-0.4, -0.2) is 39.0 Å². The van der Waals surface area contributed by atoms with Crippen molar-refractivity contribution in [1.29, 1.82) is 0 Å². The van der Waals surface area contributed by atoms with Gasteiger partial charge in [0.1, 0.15) is 10.9 Å². The van der Waals surface area contributed by atoms with Crippen LogP contribution in [0.1, 0.15) is 17.3 Å². The van der Waals surface area contributed by atoms with Gasteiger partial charge in [-0.15, -0.1) is 0 Å². The summed E-state index contributed by atoms with van der Waals surface area (Å²) in [5.74, 6) is -1.53. The van der Waals surface area contributed by atoms with E-state index in [1.807, 2.05) is 0 Å². The molecule has 1 unspecified atom stereocenters. The van der Waals surface area contributed by atoms with Crippen LogP contribution in [0.3, 0.4) is 0 Å². The maximum Gasteiger partial charge on any atom is 0.269 e. The third-order valence-electron chi connectivity index (χ3n) is 4.04. The van der Waals surface area contributed by atoms with Gasteiger partial charge >= 0.3 is 0 Å². The second-order valence-electron chi connectivity index (χ2n) is 5.84. The van der Waals surface area contributed by atoms with Crippen molar-refractivity contribution in [2.24, 2.45) is 5.14 Å². The average Bonchev–Trinajstić information content (AvgIpc) is 2.80. The fourth-order valence-corrected chi connectivity index (χ4v) is 4.91. The molecular formula is C16H15N3O6S2. The van der Waals surface area contributed by atoms with Gasteiger partial charge < -0.3 is 5.32 Å². The number of nitrogens with zero attached hydrogens (tertiary/aromatic N) is 1. The van der Waals surface area contributed by atoms with E-state index >= 15 is 0 Å². The lowest BCUT2D eigenvalue weighted by Crippen LogP contribution is -2.45. The Morgan fingerprint density at radius 3 is 2.26 bits per heavy atom. The van der Waals surface area contributed by atoms with E-state index in [9.17, 15) is 26.4 Å². The maximum absolute atomic E-state index is 12.6. The molecule has 0 aromatic heterocycles. The highest BCUT2D eigenvalue weighted by atomic mass is 32.2. The molecule has 0 saturated heterocycles. The number of sulfonamides is 2. The molecule has 142 valence electrons.